The number of methoxy groups -OCH3 is 2. The molecule has 5 heteroatoms. The third-order valence-corrected chi connectivity index (χ3v) is 3.08. The molecule has 0 spiro atoms. The molecule has 0 aliphatic rings. The first-order valence-corrected chi connectivity index (χ1v) is 6.81. The molecule has 0 bridgehead atoms. The third-order valence-electron chi connectivity index (χ3n) is 3.08. The molecule has 1 amide bonds. The highest BCUT2D eigenvalue weighted by atomic mass is 16.5. The summed E-state index contributed by atoms with van der Waals surface area (Å²) in [6.45, 7) is 4.16. The van der Waals surface area contributed by atoms with E-state index in [1.807, 2.05) is 38.1 Å². The Hall–Kier alpha value is -1.88. The number of benzene rings is 1. The van der Waals surface area contributed by atoms with Crippen LogP contribution in [0.3, 0.4) is 0 Å². The van der Waals surface area contributed by atoms with Gasteiger partial charge in [-0.1, -0.05) is 32.0 Å². The van der Waals surface area contributed by atoms with Crippen molar-refractivity contribution < 1.29 is 19.1 Å². The minimum atomic E-state index is -0.451. The van der Waals surface area contributed by atoms with Gasteiger partial charge in [0.05, 0.1) is 20.1 Å². The lowest BCUT2D eigenvalue weighted by molar-refractivity contribution is -0.143. The number of hydrogen-bond acceptors (Lipinski definition) is 4. The SMILES string of the molecule is COCc1ccccc1NC(=O)CC(C)(C)CC(=O)OC. The van der Waals surface area contributed by atoms with Gasteiger partial charge in [0.15, 0.2) is 0 Å². The maximum absolute atomic E-state index is 12.2. The summed E-state index contributed by atoms with van der Waals surface area (Å²) in [4.78, 5) is 23.5. The van der Waals surface area contributed by atoms with Gasteiger partial charge < -0.3 is 14.8 Å². The molecule has 1 aromatic rings. The van der Waals surface area contributed by atoms with Gasteiger partial charge in [-0.15, -0.1) is 0 Å². The van der Waals surface area contributed by atoms with E-state index < -0.39 is 5.41 Å². The second-order valence-corrected chi connectivity index (χ2v) is 5.73. The van der Waals surface area contributed by atoms with Gasteiger partial charge in [-0.3, -0.25) is 9.59 Å². The van der Waals surface area contributed by atoms with Crippen LogP contribution >= 0.6 is 0 Å². The lowest BCUT2D eigenvalue weighted by Gasteiger charge is -2.22. The highest BCUT2D eigenvalue weighted by molar-refractivity contribution is 5.92. The molecule has 0 aliphatic heterocycles. The molecule has 0 heterocycles. The quantitative estimate of drug-likeness (QED) is 0.785. The number of anilines is 1. The Balaban J connectivity index is 2.67. The van der Waals surface area contributed by atoms with Gasteiger partial charge in [-0.2, -0.15) is 0 Å². The second-order valence-electron chi connectivity index (χ2n) is 5.73. The van der Waals surface area contributed by atoms with Gasteiger partial charge in [0.1, 0.15) is 0 Å². The first-order valence-electron chi connectivity index (χ1n) is 6.81. The summed E-state index contributed by atoms with van der Waals surface area (Å²) in [6.07, 6.45) is 0.444. The van der Waals surface area contributed by atoms with Crippen LogP contribution in [0.5, 0.6) is 0 Å². The molecule has 0 saturated heterocycles. The summed E-state index contributed by atoms with van der Waals surface area (Å²) in [7, 11) is 2.96. The van der Waals surface area contributed by atoms with Crippen LogP contribution in [0.1, 0.15) is 32.3 Å². The van der Waals surface area contributed by atoms with Gasteiger partial charge in [0.25, 0.3) is 0 Å². The van der Waals surface area contributed by atoms with Crippen molar-refractivity contribution in [2.75, 3.05) is 19.5 Å². The summed E-state index contributed by atoms with van der Waals surface area (Å²) in [5.74, 6) is -0.444. The molecule has 5 nitrogen and oxygen atoms in total. The lowest BCUT2D eigenvalue weighted by atomic mass is 9.85. The van der Waals surface area contributed by atoms with Crippen molar-refractivity contribution in [1.29, 1.82) is 0 Å². The normalized spacial score (nSPS) is 11.0. The number of rotatable bonds is 7. The van der Waals surface area contributed by atoms with E-state index in [-0.39, 0.29) is 24.7 Å². The summed E-state index contributed by atoms with van der Waals surface area (Å²) >= 11 is 0. The van der Waals surface area contributed by atoms with Gasteiger partial charge in [0.2, 0.25) is 5.91 Å². The zero-order chi connectivity index (χ0) is 15.9. The molecule has 0 aliphatic carbocycles. The first kappa shape index (κ1) is 17.2. The smallest absolute Gasteiger partial charge is 0.306 e. The van der Waals surface area contributed by atoms with Crippen LogP contribution in [0.25, 0.3) is 0 Å². The summed E-state index contributed by atoms with van der Waals surface area (Å²) in [5, 5.41) is 2.87. The number of hydrogen-bond donors (Lipinski definition) is 1. The van der Waals surface area contributed by atoms with Crippen molar-refractivity contribution in [3.63, 3.8) is 0 Å². The number of carbonyl (C=O) groups is 2. The Labute approximate surface area is 125 Å². The maximum atomic E-state index is 12.2. The third kappa shape index (κ3) is 5.95. The fourth-order valence-corrected chi connectivity index (χ4v) is 2.08. The minimum Gasteiger partial charge on any atom is -0.469 e. The summed E-state index contributed by atoms with van der Waals surface area (Å²) in [5.41, 5.74) is 1.20. The van der Waals surface area contributed by atoms with Crippen LogP contribution in [0.15, 0.2) is 24.3 Å². The van der Waals surface area contributed by atoms with Crippen LogP contribution in [-0.2, 0) is 25.7 Å². The molecule has 0 atom stereocenters. The van der Waals surface area contributed by atoms with Gasteiger partial charge in [-0.25, -0.2) is 0 Å². The predicted molar refractivity (Wildman–Crippen MR) is 80.8 cm³/mol. The number of amides is 1. The highest BCUT2D eigenvalue weighted by Crippen LogP contribution is 2.26. The zero-order valence-electron chi connectivity index (χ0n) is 13.1. The number of para-hydroxylation sites is 1. The van der Waals surface area contributed by atoms with Crippen LogP contribution in [0.4, 0.5) is 5.69 Å². The Morgan fingerprint density at radius 1 is 1.14 bits per heavy atom. The zero-order valence-corrected chi connectivity index (χ0v) is 13.1. The summed E-state index contributed by atoms with van der Waals surface area (Å²) < 4.78 is 9.76. The fraction of sp³-hybridized carbons (Fsp3) is 0.500. The van der Waals surface area contributed by atoms with Gasteiger partial charge in [0, 0.05) is 24.8 Å². The van der Waals surface area contributed by atoms with Crippen LogP contribution in [0.2, 0.25) is 0 Å². The van der Waals surface area contributed by atoms with Crippen LogP contribution in [-0.4, -0.2) is 26.1 Å². The van der Waals surface area contributed by atoms with Crippen molar-refractivity contribution in [1.82, 2.24) is 0 Å². The number of ether oxygens (including phenoxy) is 2. The molecule has 0 radical (unpaired) electrons. The molecule has 0 saturated carbocycles. The molecular weight excluding hydrogens is 270 g/mol. The average Bonchev–Trinajstić information content (AvgIpc) is 2.39. The topological polar surface area (TPSA) is 64.6 Å². The van der Waals surface area contributed by atoms with Crippen LogP contribution in [0, 0.1) is 5.41 Å². The summed E-state index contributed by atoms with van der Waals surface area (Å²) in [6, 6.07) is 7.48. The Morgan fingerprint density at radius 3 is 2.43 bits per heavy atom. The van der Waals surface area contributed by atoms with Gasteiger partial charge >= 0.3 is 5.97 Å². The minimum absolute atomic E-state index is 0.132. The maximum Gasteiger partial charge on any atom is 0.306 e. The number of nitrogens with one attached hydrogen (secondary N) is 1. The first-order chi connectivity index (χ1) is 9.88. The molecule has 0 fully saturated rings. The van der Waals surface area contributed by atoms with E-state index in [1.165, 1.54) is 7.11 Å². The lowest BCUT2D eigenvalue weighted by Crippen LogP contribution is -2.25. The fourth-order valence-electron chi connectivity index (χ4n) is 2.08. The Morgan fingerprint density at radius 2 is 1.81 bits per heavy atom. The molecule has 1 rings (SSSR count). The number of esters is 1. The average molecular weight is 293 g/mol. The van der Waals surface area contributed by atoms with Crippen molar-refractivity contribution in [2.45, 2.75) is 33.3 Å². The van der Waals surface area contributed by atoms with E-state index in [0.29, 0.717) is 6.61 Å². The monoisotopic (exact) mass is 293 g/mol. The predicted octanol–water partition coefficient (Wildman–Crippen LogP) is 2.75. The van der Waals surface area contributed by atoms with Crippen molar-refractivity contribution in [3.05, 3.63) is 29.8 Å². The standard InChI is InChI=1S/C16H23NO4/c1-16(2,10-15(19)21-4)9-14(18)17-13-8-6-5-7-12(13)11-20-3/h5-8H,9-11H2,1-4H3,(H,17,18). The van der Waals surface area contributed by atoms with E-state index in [0.717, 1.165) is 11.3 Å². The largest absolute Gasteiger partial charge is 0.469 e. The Bertz CT molecular complexity index is 497. The molecular formula is C16H23NO4. The van der Waals surface area contributed by atoms with Crippen molar-refractivity contribution >= 4 is 17.6 Å². The van der Waals surface area contributed by atoms with Crippen molar-refractivity contribution in [2.24, 2.45) is 5.41 Å². The highest BCUT2D eigenvalue weighted by Gasteiger charge is 2.26. The molecule has 21 heavy (non-hydrogen) atoms. The molecule has 0 aromatic heterocycles. The van der Waals surface area contributed by atoms with E-state index in [4.69, 9.17) is 4.74 Å². The van der Waals surface area contributed by atoms with Crippen LogP contribution < -0.4 is 5.32 Å². The van der Waals surface area contributed by atoms with Crippen molar-refractivity contribution in [3.8, 4) is 0 Å². The molecule has 1 aromatic carbocycles. The van der Waals surface area contributed by atoms with E-state index >= 15 is 0 Å². The van der Waals surface area contributed by atoms with E-state index in [2.05, 4.69) is 10.1 Å². The molecule has 1 N–H and O–H groups in total. The van der Waals surface area contributed by atoms with Gasteiger partial charge in [-0.05, 0) is 11.5 Å². The van der Waals surface area contributed by atoms with E-state index in [9.17, 15) is 9.59 Å². The number of carbonyl (C=O) groups excluding carboxylic acids is 2. The van der Waals surface area contributed by atoms with E-state index in [1.54, 1.807) is 7.11 Å². The Kier molecular flexibility index (Phi) is 6.37. The molecule has 116 valence electrons. The molecule has 0 unspecified atom stereocenters. The second kappa shape index (κ2) is 7.78.